The van der Waals surface area contributed by atoms with Crippen molar-refractivity contribution in [2.75, 3.05) is 32.7 Å². The molecule has 2 rings (SSSR count). The zero-order valence-electron chi connectivity index (χ0n) is 12.8. The molecule has 0 saturated carbocycles. The van der Waals surface area contributed by atoms with Crippen LogP contribution in [-0.2, 0) is 9.59 Å². The van der Waals surface area contributed by atoms with E-state index in [1.807, 2.05) is 4.90 Å². The maximum Gasteiger partial charge on any atom is 0.223 e. The minimum Gasteiger partial charge on any atom is -0.341 e. The number of carbonyl (C=O) groups excluding carboxylic acids is 2. The summed E-state index contributed by atoms with van der Waals surface area (Å²) in [7, 11) is 0. The summed E-state index contributed by atoms with van der Waals surface area (Å²) in [6.45, 7) is 11.2. The van der Waals surface area contributed by atoms with Gasteiger partial charge in [-0.2, -0.15) is 0 Å². The molecular formula is C15H26N2O2S. The molecule has 114 valence electrons. The summed E-state index contributed by atoms with van der Waals surface area (Å²) in [5.74, 6) is 1.54. The van der Waals surface area contributed by atoms with Gasteiger partial charge in [-0.3, -0.25) is 9.59 Å². The Bertz CT molecular complexity index is 373. The summed E-state index contributed by atoms with van der Waals surface area (Å²) in [6.07, 6.45) is 1.73. The van der Waals surface area contributed by atoms with E-state index >= 15 is 0 Å². The highest BCUT2D eigenvalue weighted by Crippen LogP contribution is 2.26. The Balaban J connectivity index is 1.77. The minimum atomic E-state index is 0.119. The number of carbonyl (C=O) groups is 2. The predicted octanol–water partition coefficient (Wildman–Crippen LogP) is 1.84. The van der Waals surface area contributed by atoms with Gasteiger partial charge in [0, 0.05) is 44.8 Å². The number of rotatable bonds is 5. The van der Waals surface area contributed by atoms with E-state index in [0.717, 1.165) is 32.7 Å². The Morgan fingerprint density at radius 3 is 2.80 bits per heavy atom. The first-order valence-corrected chi connectivity index (χ1v) is 8.49. The molecule has 2 unspecified atom stereocenters. The third kappa shape index (κ3) is 4.48. The summed E-state index contributed by atoms with van der Waals surface area (Å²) in [5.41, 5.74) is 0. The van der Waals surface area contributed by atoms with Gasteiger partial charge in [0.15, 0.2) is 5.12 Å². The summed E-state index contributed by atoms with van der Waals surface area (Å²) >= 11 is 1.32. The highest BCUT2D eigenvalue weighted by atomic mass is 32.2. The molecule has 4 nitrogen and oxygen atoms in total. The van der Waals surface area contributed by atoms with Crippen molar-refractivity contribution in [3.63, 3.8) is 0 Å². The monoisotopic (exact) mass is 298 g/mol. The molecule has 2 fully saturated rings. The van der Waals surface area contributed by atoms with E-state index in [4.69, 9.17) is 0 Å². The first-order valence-electron chi connectivity index (χ1n) is 7.61. The zero-order valence-corrected chi connectivity index (χ0v) is 13.6. The van der Waals surface area contributed by atoms with Crippen LogP contribution in [0.1, 0.15) is 33.6 Å². The standard InChI is InChI=1S/C15H26N2O2S/c1-11(2)7-16-5-4-13(8-16)9-17-10-14(6-15(17)19)20-12(3)18/h11,13-14H,4-10H2,1-3H3. The smallest absolute Gasteiger partial charge is 0.223 e. The summed E-state index contributed by atoms with van der Waals surface area (Å²) in [4.78, 5) is 27.6. The number of amides is 1. The molecule has 2 aliphatic rings. The highest BCUT2D eigenvalue weighted by molar-refractivity contribution is 8.14. The second-order valence-electron chi connectivity index (χ2n) is 6.54. The molecule has 5 heteroatoms. The van der Waals surface area contributed by atoms with Crippen LogP contribution in [0.5, 0.6) is 0 Å². The second kappa shape index (κ2) is 6.94. The quantitative estimate of drug-likeness (QED) is 0.776. The van der Waals surface area contributed by atoms with Crippen molar-refractivity contribution in [2.45, 2.75) is 38.9 Å². The van der Waals surface area contributed by atoms with Crippen LogP contribution in [0.2, 0.25) is 0 Å². The molecule has 0 aromatic heterocycles. The van der Waals surface area contributed by atoms with Crippen LogP contribution in [0.3, 0.4) is 0 Å². The largest absolute Gasteiger partial charge is 0.341 e. The SMILES string of the molecule is CC(=O)SC1CC(=O)N(CC2CCN(CC(C)C)C2)C1. The van der Waals surface area contributed by atoms with E-state index in [1.165, 1.54) is 18.2 Å². The fraction of sp³-hybridized carbons (Fsp3) is 0.867. The Kier molecular flexibility index (Phi) is 5.49. The van der Waals surface area contributed by atoms with E-state index in [1.54, 1.807) is 6.92 Å². The molecule has 0 radical (unpaired) electrons. The number of hydrogen-bond donors (Lipinski definition) is 0. The van der Waals surface area contributed by atoms with Crippen molar-refractivity contribution >= 4 is 22.8 Å². The molecule has 1 amide bonds. The second-order valence-corrected chi connectivity index (χ2v) is 8.02. The predicted molar refractivity (Wildman–Crippen MR) is 82.6 cm³/mol. The van der Waals surface area contributed by atoms with E-state index in [-0.39, 0.29) is 16.3 Å². The average Bonchev–Trinajstić information content (AvgIpc) is 2.86. The fourth-order valence-electron chi connectivity index (χ4n) is 3.28. The molecule has 0 bridgehead atoms. The Morgan fingerprint density at radius 2 is 2.15 bits per heavy atom. The van der Waals surface area contributed by atoms with Crippen LogP contribution in [-0.4, -0.2) is 58.8 Å². The lowest BCUT2D eigenvalue weighted by molar-refractivity contribution is -0.128. The number of thioether (sulfide) groups is 1. The lowest BCUT2D eigenvalue weighted by Crippen LogP contribution is -2.33. The normalized spacial score (nSPS) is 27.8. The summed E-state index contributed by atoms with van der Waals surface area (Å²) in [5, 5.41) is 0.293. The lowest BCUT2D eigenvalue weighted by atomic mass is 10.1. The molecule has 2 atom stereocenters. The van der Waals surface area contributed by atoms with Gasteiger partial charge in [-0.15, -0.1) is 0 Å². The van der Waals surface area contributed by atoms with E-state index in [2.05, 4.69) is 18.7 Å². The molecule has 2 saturated heterocycles. The molecule has 2 aliphatic heterocycles. The maximum atomic E-state index is 12.0. The molecule has 20 heavy (non-hydrogen) atoms. The number of hydrogen-bond acceptors (Lipinski definition) is 4. The number of nitrogens with zero attached hydrogens (tertiary/aromatic N) is 2. The van der Waals surface area contributed by atoms with Gasteiger partial charge in [0.1, 0.15) is 0 Å². The van der Waals surface area contributed by atoms with Gasteiger partial charge in [-0.25, -0.2) is 0 Å². The molecular weight excluding hydrogens is 272 g/mol. The lowest BCUT2D eigenvalue weighted by Gasteiger charge is -2.22. The Hall–Kier alpha value is -0.550. The highest BCUT2D eigenvalue weighted by Gasteiger charge is 2.33. The van der Waals surface area contributed by atoms with Crippen molar-refractivity contribution in [1.29, 1.82) is 0 Å². The molecule has 0 spiro atoms. The van der Waals surface area contributed by atoms with E-state index < -0.39 is 0 Å². The van der Waals surface area contributed by atoms with Gasteiger partial charge in [0.25, 0.3) is 0 Å². The minimum absolute atomic E-state index is 0.119. The van der Waals surface area contributed by atoms with Crippen molar-refractivity contribution in [1.82, 2.24) is 9.80 Å². The average molecular weight is 298 g/mol. The van der Waals surface area contributed by atoms with Gasteiger partial charge in [-0.1, -0.05) is 25.6 Å². The van der Waals surface area contributed by atoms with Gasteiger partial charge in [0.2, 0.25) is 5.91 Å². The van der Waals surface area contributed by atoms with Crippen molar-refractivity contribution in [3.05, 3.63) is 0 Å². The third-order valence-electron chi connectivity index (χ3n) is 3.98. The van der Waals surface area contributed by atoms with Crippen LogP contribution >= 0.6 is 11.8 Å². The first kappa shape index (κ1) is 15.8. The van der Waals surface area contributed by atoms with Gasteiger partial charge >= 0.3 is 0 Å². The van der Waals surface area contributed by atoms with Gasteiger partial charge < -0.3 is 9.80 Å². The van der Waals surface area contributed by atoms with E-state index in [0.29, 0.717) is 18.3 Å². The molecule has 0 aromatic rings. The Labute approximate surface area is 126 Å². The maximum absolute atomic E-state index is 12.0. The topological polar surface area (TPSA) is 40.6 Å². The molecule has 0 N–H and O–H groups in total. The van der Waals surface area contributed by atoms with Crippen LogP contribution < -0.4 is 0 Å². The van der Waals surface area contributed by atoms with Crippen LogP contribution in [0.4, 0.5) is 0 Å². The van der Waals surface area contributed by atoms with Crippen molar-refractivity contribution < 1.29 is 9.59 Å². The fourth-order valence-corrected chi connectivity index (χ4v) is 4.23. The third-order valence-corrected chi connectivity index (χ3v) is 4.96. The first-order chi connectivity index (χ1) is 9.44. The van der Waals surface area contributed by atoms with Crippen molar-refractivity contribution in [2.24, 2.45) is 11.8 Å². The number of likely N-dealkylation sites (tertiary alicyclic amines) is 2. The van der Waals surface area contributed by atoms with Crippen LogP contribution in [0, 0.1) is 11.8 Å². The molecule has 2 heterocycles. The zero-order chi connectivity index (χ0) is 14.7. The Morgan fingerprint density at radius 1 is 1.40 bits per heavy atom. The van der Waals surface area contributed by atoms with Crippen LogP contribution in [0.15, 0.2) is 0 Å². The van der Waals surface area contributed by atoms with Crippen LogP contribution in [0.25, 0.3) is 0 Å². The molecule has 0 aliphatic carbocycles. The van der Waals surface area contributed by atoms with Gasteiger partial charge in [-0.05, 0) is 24.8 Å². The van der Waals surface area contributed by atoms with Gasteiger partial charge in [0.05, 0.1) is 0 Å². The van der Waals surface area contributed by atoms with Crippen molar-refractivity contribution in [3.8, 4) is 0 Å². The van der Waals surface area contributed by atoms with E-state index in [9.17, 15) is 9.59 Å². The molecule has 0 aromatic carbocycles. The summed E-state index contributed by atoms with van der Waals surface area (Å²) < 4.78 is 0. The summed E-state index contributed by atoms with van der Waals surface area (Å²) in [6, 6.07) is 0.